The lowest BCUT2D eigenvalue weighted by atomic mass is 9.70. The number of aliphatic hydroxyl groups excluding tert-OH is 1. The van der Waals surface area contributed by atoms with Crippen LogP contribution in [-0.2, 0) is 23.9 Å². The van der Waals surface area contributed by atoms with E-state index in [-0.39, 0.29) is 42.3 Å². The Hall–Kier alpha value is -1.94. The van der Waals surface area contributed by atoms with Gasteiger partial charge in [-0.1, -0.05) is 66.0 Å². The van der Waals surface area contributed by atoms with Gasteiger partial charge in [0.2, 0.25) is 5.91 Å². The number of carbonyl (C=O) groups is 3. The number of carbonyl (C=O) groups excluding carboxylic acids is 3. The minimum absolute atomic E-state index is 0.109. The fraction of sp³-hybridized carbons (Fsp3) is 0.607. The van der Waals surface area contributed by atoms with Gasteiger partial charge in [0.25, 0.3) is 5.91 Å². The summed E-state index contributed by atoms with van der Waals surface area (Å²) in [6.45, 7) is 11.3. The van der Waals surface area contributed by atoms with Crippen LogP contribution < -0.4 is 4.90 Å². The summed E-state index contributed by atoms with van der Waals surface area (Å²) < 4.78 is 11.9. The second-order valence-electron chi connectivity index (χ2n) is 10.4. The quantitative estimate of drug-likeness (QED) is 0.245. The van der Waals surface area contributed by atoms with E-state index in [1.54, 1.807) is 19.1 Å². The number of anilines is 1. The van der Waals surface area contributed by atoms with Gasteiger partial charge in [-0.3, -0.25) is 14.4 Å². The number of esters is 1. The maximum Gasteiger partial charge on any atom is 0.312 e. The van der Waals surface area contributed by atoms with Gasteiger partial charge in [-0.2, -0.15) is 0 Å². The molecule has 2 amide bonds. The van der Waals surface area contributed by atoms with Crippen LogP contribution in [0.25, 0.3) is 0 Å². The van der Waals surface area contributed by atoms with Gasteiger partial charge in [-0.25, -0.2) is 0 Å². The van der Waals surface area contributed by atoms with Gasteiger partial charge in [0.05, 0.1) is 47.9 Å². The fourth-order valence-corrected chi connectivity index (χ4v) is 7.83. The van der Waals surface area contributed by atoms with E-state index in [9.17, 15) is 19.5 Å². The molecule has 0 radical (unpaired) electrons. The first-order valence-electron chi connectivity index (χ1n) is 13.2. The molecule has 0 aromatic heterocycles. The molecule has 1 spiro atoms. The van der Waals surface area contributed by atoms with Gasteiger partial charge in [0, 0.05) is 11.4 Å². The van der Waals surface area contributed by atoms with Crippen LogP contribution in [0.2, 0.25) is 5.02 Å². The average molecular weight is 612 g/mol. The van der Waals surface area contributed by atoms with E-state index in [0.29, 0.717) is 23.6 Å². The van der Waals surface area contributed by atoms with E-state index in [1.165, 1.54) is 9.80 Å². The number of likely N-dealkylation sites (tertiary alicyclic amines) is 1. The lowest BCUT2D eigenvalue weighted by molar-refractivity contribution is -0.155. The van der Waals surface area contributed by atoms with Gasteiger partial charge in [-0.05, 0) is 37.8 Å². The van der Waals surface area contributed by atoms with Crippen molar-refractivity contribution in [2.75, 3.05) is 24.7 Å². The minimum Gasteiger partial charge on any atom is -0.466 e. The molecule has 3 aliphatic rings. The lowest BCUT2D eigenvalue weighted by Crippen LogP contribution is -2.60. The second kappa shape index (κ2) is 11.3. The van der Waals surface area contributed by atoms with Crippen LogP contribution in [0.3, 0.4) is 0 Å². The number of alkyl halides is 1. The molecule has 3 saturated heterocycles. The highest BCUT2D eigenvalue weighted by molar-refractivity contribution is 9.09. The first kappa shape index (κ1) is 29.1. The molecule has 8 nitrogen and oxygen atoms in total. The number of amides is 2. The zero-order valence-electron chi connectivity index (χ0n) is 22.2. The number of ether oxygens (including phenoxy) is 2. The Balaban J connectivity index is 1.90. The third-order valence-corrected chi connectivity index (χ3v) is 9.55. The summed E-state index contributed by atoms with van der Waals surface area (Å²) in [5.74, 6) is -3.12. The third-order valence-electron chi connectivity index (χ3n) is 8.40. The lowest BCUT2D eigenvalue weighted by Gasteiger charge is -2.41. The Bertz CT molecular complexity index is 1100. The van der Waals surface area contributed by atoms with Crippen molar-refractivity contribution in [2.45, 2.75) is 69.2 Å². The van der Waals surface area contributed by atoms with Crippen LogP contribution in [0.1, 0.15) is 39.2 Å². The van der Waals surface area contributed by atoms with E-state index < -0.39 is 41.6 Å². The van der Waals surface area contributed by atoms with E-state index in [2.05, 4.69) is 22.5 Å². The number of hydrogen-bond acceptors (Lipinski definition) is 6. The average Bonchev–Trinajstić information content (AvgIpc) is 3.47. The molecule has 3 aliphatic heterocycles. The van der Waals surface area contributed by atoms with E-state index in [0.717, 1.165) is 5.56 Å². The molecule has 10 heteroatoms. The van der Waals surface area contributed by atoms with Crippen LogP contribution in [-0.4, -0.2) is 76.2 Å². The molecule has 0 saturated carbocycles. The number of aliphatic hydroxyl groups is 1. The molecule has 1 N–H and O–H groups in total. The van der Waals surface area contributed by atoms with Crippen LogP contribution in [0.5, 0.6) is 0 Å². The molecule has 1 unspecified atom stereocenters. The van der Waals surface area contributed by atoms with Gasteiger partial charge in [0.15, 0.2) is 0 Å². The monoisotopic (exact) mass is 610 g/mol. The fourth-order valence-electron chi connectivity index (χ4n) is 6.56. The summed E-state index contributed by atoms with van der Waals surface area (Å²) in [6.07, 6.45) is 2.04. The molecule has 4 rings (SSSR count). The Labute approximate surface area is 237 Å². The maximum atomic E-state index is 14.7. The number of rotatable bonds is 10. The van der Waals surface area contributed by atoms with Crippen molar-refractivity contribution < 1.29 is 29.0 Å². The standard InChI is InChI=1S/C28H36BrClN2O6/c1-6-12-31(22-16(5)10-9-11-18(22)30)26(35)24-28-13-17(29)23(38-28)20(27(36)37-8-3)21(28)25(34)32(24)19(14-33)15(4)7-2/h6,9-11,15,17,19-21,23-24,33H,1,7-8,12-14H2,2-5H3/t15-,17?,19-,20+,21-,23+,24+,28-/m0/s1. The zero-order valence-corrected chi connectivity index (χ0v) is 24.6. The highest BCUT2D eigenvalue weighted by Crippen LogP contribution is 2.61. The Kier molecular flexibility index (Phi) is 8.62. The predicted octanol–water partition coefficient (Wildman–Crippen LogP) is 3.89. The van der Waals surface area contributed by atoms with Gasteiger partial charge in [-0.15, -0.1) is 6.58 Å². The van der Waals surface area contributed by atoms with Gasteiger partial charge >= 0.3 is 5.97 Å². The smallest absolute Gasteiger partial charge is 0.312 e. The van der Waals surface area contributed by atoms with Crippen molar-refractivity contribution in [3.63, 3.8) is 0 Å². The van der Waals surface area contributed by atoms with Crippen molar-refractivity contribution >= 4 is 51.0 Å². The number of aryl methyl sites for hydroxylation is 1. The van der Waals surface area contributed by atoms with Crippen molar-refractivity contribution in [3.8, 4) is 0 Å². The first-order chi connectivity index (χ1) is 18.1. The van der Waals surface area contributed by atoms with Crippen LogP contribution in [0.15, 0.2) is 30.9 Å². The topological polar surface area (TPSA) is 96.4 Å². The van der Waals surface area contributed by atoms with Crippen molar-refractivity contribution in [1.29, 1.82) is 0 Å². The molecule has 1 aromatic rings. The number of benzene rings is 1. The van der Waals surface area contributed by atoms with E-state index in [4.69, 9.17) is 21.1 Å². The zero-order chi connectivity index (χ0) is 27.9. The number of fused-ring (bicyclic) bond motifs is 1. The molecule has 3 heterocycles. The Morgan fingerprint density at radius 3 is 2.71 bits per heavy atom. The Morgan fingerprint density at radius 2 is 2.13 bits per heavy atom. The molecule has 1 aromatic carbocycles. The summed E-state index contributed by atoms with van der Waals surface area (Å²) >= 11 is 10.3. The van der Waals surface area contributed by atoms with Crippen molar-refractivity contribution in [2.24, 2.45) is 17.8 Å². The number of hydrogen-bond donors (Lipinski definition) is 1. The van der Waals surface area contributed by atoms with Crippen molar-refractivity contribution in [3.05, 3.63) is 41.4 Å². The van der Waals surface area contributed by atoms with E-state index in [1.807, 2.05) is 32.9 Å². The summed E-state index contributed by atoms with van der Waals surface area (Å²) in [6, 6.07) is 3.67. The SMILES string of the molecule is C=CCN(C(=O)[C@H]1N([C@@H](CO)[C@@H](C)CC)C(=O)[C@@H]2[C@@H](C(=O)OCC)[C@@H]3O[C@@]21CC3Br)c1c(C)cccc1Cl. The highest BCUT2D eigenvalue weighted by Gasteiger charge is 2.77. The van der Waals surface area contributed by atoms with Crippen LogP contribution in [0, 0.1) is 24.7 Å². The molecular weight excluding hydrogens is 576 g/mol. The van der Waals surface area contributed by atoms with Crippen LogP contribution >= 0.6 is 27.5 Å². The third kappa shape index (κ3) is 4.39. The molecule has 0 aliphatic carbocycles. The molecule has 208 valence electrons. The largest absolute Gasteiger partial charge is 0.466 e. The predicted molar refractivity (Wildman–Crippen MR) is 148 cm³/mol. The summed E-state index contributed by atoms with van der Waals surface area (Å²) in [5.41, 5.74) is 0.0535. The molecule has 2 bridgehead atoms. The number of halogens is 2. The molecular formula is C28H36BrClN2O6. The molecule has 3 fully saturated rings. The molecule has 38 heavy (non-hydrogen) atoms. The highest BCUT2D eigenvalue weighted by atomic mass is 79.9. The summed E-state index contributed by atoms with van der Waals surface area (Å²) in [5, 5.41) is 10.9. The van der Waals surface area contributed by atoms with E-state index >= 15 is 0 Å². The molecule has 8 atom stereocenters. The summed E-state index contributed by atoms with van der Waals surface area (Å²) in [4.78, 5) is 44.9. The second-order valence-corrected chi connectivity index (χ2v) is 12.0. The minimum atomic E-state index is -1.26. The number of nitrogens with zero attached hydrogens (tertiary/aromatic N) is 2. The van der Waals surface area contributed by atoms with Crippen molar-refractivity contribution in [1.82, 2.24) is 4.90 Å². The first-order valence-corrected chi connectivity index (χ1v) is 14.5. The van der Waals surface area contributed by atoms with Gasteiger partial charge in [0.1, 0.15) is 11.6 Å². The van der Waals surface area contributed by atoms with Crippen LogP contribution in [0.4, 0.5) is 5.69 Å². The summed E-state index contributed by atoms with van der Waals surface area (Å²) in [7, 11) is 0. The maximum absolute atomic E-state index is 14.7. The Morgan fingerprint density at radius 1 is 1.42 bits per heavy atom. The number of para-hydroxylation sites is 1. The van der Waals surface area contributed by atoms with Gasteiger partial charge < -0.3 is 24.4 Å². The normalized spacial score (nSPS) is 31.2.